The molecule has 2 amide bonds. The highest BCUT2D eigenvalue weighted by Gasteiger charge is 2.39. The van der Waals surface area contributed by atoms with Crippen molar-refractivity contribution in [2.75, 3.05) is 19.6 Å². The molecule has 2 saturated heterocycles. The number of piperazine rings is 1. The third kappa shape index (κ3) is 3.48. The summed E-state index contributed by atoms with van der Waals surface area (Å²) in [7, 11) is 0. The van der Waals surface area contributed by atoms with E-state index in [0.29, 0.717) is 12.6 Å². The number of fused-ring (bicyclic) bond motifs is 1. The van der Waals surface area contributed by atoms with Crippen LogP contribution in [0.4, 0.5) is 4.79 Å². The lowest BCUT2D eigenvalue weighted by Gasteiger charge is -2.43. The second-order valence-corrected chi connectivity index (χ2v) is 7.38. The summed E-state index contributed by atoms with van der Waals surface area (Å²) in [5, 5.41) is 12.0. The molecule has 0 radical (unpaired) electrons. The first-order valence-corrected chi connectivity index (χ1v) is 7.74. The topological polar surface area (TPSA) is 72.9 Å². The van der Waals surface area contributed by atoms with E-state index in [0.717, 1.165) is 19.5 Å². The molecule has 3 unspecified atom stereocenters. The van der Waals surface area contributed by atoms with Crippen molar-refractivity contribution >= 4 is 12.0 Å². The third-order valence-corrected chi connectivity index (χ3v) is 4.58. The van der Waals surface area contributed by atoms with Gasteiger partial charge in [-0.1, -0.05) is 20.8 Å². The average Bonchev–Trinajstić information content (AvgIpc) is 2.79. The molecule has 0 aromatic heterocycles. The number of nitrogens with one attached hydrogen (secondary N) is 1. The minimum atomic E-state index is -0.983. The molecular weight excluding hydrogens is 270 g/mol. The molecule has 0 spiro atoms. The third-order valence-electron chi connectivity index (χ3n) is 4.58. The number of urea groups is 1. The van der Waals surface area contributed by atoms with Gasteiger partial charge in [0, 0.05) is 25.2 Å². The van der Waals surface area contributed by atoms with Gasteiger partial charge in [-0.2, -0.15) is 0 Å². The number of carbonyl (C=O) groups excluding carboxylic acids is 1. The molecule has 0 aromatic rings. The Labute approximate surface area is 126 Å². The van der Waals surface area contributed by atoms with Crippen LogP contribution in [0.15, 0.2) is 0 Å². The Hall–Kier alpha value is -1.30. The van der Waals surface area contributed by atoms with Gasteiger partial charge < -0.3 is 15.3 Å². The van der Waals surface area contributed by atoms with E-state index in [1.165, 1.54) is 6.42 Å². The lowest BCUT2D eigenvalue weighted by molar-refractivity contribution is -0.142. The van der Waals surface area contributed by atoms with Gasteiger partial charge >= 0.3 is 12.0 Å². The van der Waals surface area contributed by atoms with Crippen molar-refractivity contribution < 1.29 is 14.7 Å². The first kappa shape index (κ1) is 16.1. The number of hydrogen-bond donors (Lipinski definition) is 2. The van der Waals surface area contributed by atoms with Crippen molar-refractivity contribution in [1.29, 1.82) is 0 Å². The quantitative estimate of drug-likeness (QED) is 0.807. The van der Waals surface area contributed by atoms with Gasteiger partial charge in [-0.25, -0.2) is 9.59 Å². The van der Waals surface area contributed by atoms with E-state index in [-0.39, 0.29) is 12.1 Å². The predicted molar refractivity (Wildman–Crippen MR) is 80.2 cm³/mol. The van der Waals surface area contributed by atoms with Crippen LogP contribution in [-0.4, -0.2) is 64.7 Å². The van der Waals surface area contributed by atoms with Crippen LogP contribution in [0.2, 0.25) is 0 Å². The highest BCUT2D eigenvalue weighted by atomic mass is 16.4. The Morgan fingerprint density at radius 1 is 1.29 bits per heavy atom. The summed E-state index contributed by atoms with van der Waals surface area (Å²) >= 11 is 0. The number of nitrogens with zero attached hydrogens (tertiary/aromatic N) is 2. The molecule has 2 heterocycles. The standard InChI is InChI=1S/C15H27N3O3/c1-10-8-17-7-5-6-11(17)9-18(10)14(21)16-12(13(19)20)15(2,3)4/h10-12H,5-9H2,1-4H3,(H,16,21)(H,19,20). The van der Waals surface area contributed by atoms with Crippen molar-refractivity contribution in [2.45, 2.75) is 58.7 Å². The Morgan fingerprint density at radius 3 is 2.52 bits per heavy atom. The molecule has 0 aromatic carbocycles. The van der Waals surface area contributed by atoms with E-state index in [4.69, 9.17) is 0 Å². The van der Waals surface area contributed by atoms with E-state index in [9.17, 15) is 14.7 Å². The fourth-order valence-corrected chi connectivity index (χ4v) is 3.33. The van der Waals surface area contributed by atoms with Gasteiger partial charge in [0.25, 0.3) is 0 Å². The fourth-order valence-electron chi connectivity index (χ4n) is 3.33. The molecule has 2 aliphatic rings. The van der Waals surface area contributed by atoms with Crippen molar-refractivity contribution in [1.82, 2.24) is 15.1 Å². The normalized spacial score (nSPS) is 28.1. The lowest BCUT2D eigenvalue weighted by atomic mass is 9.87. The molecule has 3 atom stereocenters. The van der Waals surface area contributed by atoms with Crippen molar-refractivity contribution in [2.24, 2.45) is 5.41 Å². The van der Waals surface area contributed by atoms with E-state index in [1.54, 1.807) is 4.90 Å². The second kappa shape index (κ2) is 5.83. The van der Waals surface area contributed by atoms with Crippen LogP contribution in [0.25, 0.3) is 0 Å². The molecular formula is C15H27N3O3. The number of carbonyl (C=O) groups is 2. The van der Waals surface area contributed by atoms with Gasteiger partial charge in [0.2, 0.25) is 0 Å². The number of carboxylic acids is 1. The monoisotopic (exact) mass is 297 g/mol. The van der Waals surface area contributed by atoms with Crippen LogP contribution < -0.4 is 5.32 Å². The molecule has 0 aliphatic carbocycles. The zero-order valence-corrected chi connectivity index (χ0v) is 13.4. The Morgan fingerprint density at radius 2 is 1.95 bits per heavy atom. The van der Waals surface area contributed by atoms with Crippen molar-refractivity contribution in [3.63, 3.8) is 0 Å². The van der Waals surface area contributed by atoms with E-state index < -0.39 is 17.4 Å². The molecule has 6 heteroatoms. The van der Waals surface area contributed by atoms with Gasteiger partial charge in [-0.05, 0) is 31.7 Å². The molecule has 120 valence electrons. The molecule has 2 aliphatic heterocycles. The van der Waals surface area contributed by atoms with Crippen LogP contribution in [0.3, 0.4) is 0 Å². The maximum atomic E-state index is 12.5. The molecule has 0 bridgehead atoms. The van der Waals surface area contributed by atoms with Gasteiger partial charge in [-0.3, -0.25) is 4.90 Å². The summed E-state index contributed by atoms with van der Waals surface area (Å²) in [4.78, 5) is 28.1. The number of amides is 2. The highest BCUT2D eigenvalue weighted by Crippen LogP contribution is 2.25. The first-order valence-electron chi connectivity index (χ1n) is 7.74. The van der Waals surface area contributed by atoms with Crippen LogP contribution in [0.5, 0.6) is 0 Å². The fraction of sp³-hybridized carbons (Fsp3) is 0.867. The van der Waals surface area contributed by atoms with Gasteiger partial charge in [-0.15, -0.1) is 0 Å². The summed E-state index contributed by atoms with van der Waals surface area (Å²) in [6, 6.07) is -0.575. The summed E-state index contributed by atoms with van der Waals surface area (Å²) in [6.45, 7) is 10.2. The second-order valence-electron chi connectivity index (χ2n) is 7.38. The maximum Gasteiger partial charge on any atom is 0.326 e. The SMILES string of the molecule is CC1CN2CCCC2CN1C(=O)NC(C(=O)O)C(C)(C)C. The first-order chi connectivity index (χ1) is 9.70. The van der Waals surface area contributed by atoms with Gasteiger partial charge in [0.1, 0.15) is 6.04 Å². The molecule has 0 saturated carbocycles. The molecule has 2 rings (SSSR count). The largest absolute Gasteiger partial charge is 0.480 e. The Bertz CT molecular complexity index is 419. The maximum absolute atomic E-state index is 12.5. The van der Waals surface area contributed by atoms with Gasteiger partial charge in [0.15, 0.2) is 0 Å². The predicted octanol–water partition coefficient (Wildman–Crippen LogP) is 1.36. The zero-order valence-electron chi connectivity index (χ0n) is 13.4. The minimum absolute atomic E-state index is 0.119. The molecule has 2 fully saturated rings. The van der Waals surface area contributed by atoms with Crippen molar-refractivity contribution in [3.8, 4) is 0 Å². The molecule has 21 heavy (non-hydrogen) atoms. The number of rotatable bonds is 2. The number of hydrogen-bond acceptors (Lipinski definition) is 3. The molecule has 6 nitrogen and oxygen atoms in total. The average molecular weight is 297 g/mol. The lowest BCUT2D eigenvalue weighted by Crippen LogP contribution is -2.61. The smallest absolute Gasteiger partial charge is 0.326 e. The van der Waals surface area contributed by atoms with Crippen LogP contribution >= 0.6 is 0 Å². The van der Waals surface area contributed by atoms with E-state index in [1.807, 2.05) is 27.7 Å². The summed E-state index contributed by atoms with van der Waals surface area (Å²) < 4.78 is 0. The zero-order chi connectivity index (χ0) is 15.8. The summed E-state index contributed by atoms with van der Waals surface area (Å²) in [6.07, 6.45) is 2.31. The van der Waals surface area contributed by atoms with Crippen molar-refractivity contribution in [3.05, 3.63) is 0 Å². The Balaban J connectivity index is 2.03. The van der Waals surface area contributed by atoms with E-state index in [2.05, 4.69) is 10.2 Å². The number of aliphatic carboxylic acids is 1. The van der Waals surface area contributed by atoms with Crippen LogP contribution in [0.1, 0.15) is 40.5 Å². The van der Waals surface area contributed by atoms with Gasteiger partial charge in [0.05, 0.1) is 0 Å². The minimum Gasteiger partial charge on any atom is -0.480 e. The highest BCUT2D eigenvalue weighted by molar-refractivity contribution is 5.83. The summed E-state index contributed by atoms with van der Waals surface area (Å²) in [5.41, 5.74) is -0.514. The number of carboxylic acid groups (broad SMARTS) is 1. The van der Waals surface area contributed by atoms with Crippen LogP contribution in [-0.2, 0) is 4.79 Å². The molecule has 2 N–H and O–H groups in total. The Kier molecular flexibility index (Phi) is 4.46. The van der Waals surface area contributed by atoms with Crippen LogP contribution in [0, 0.1) is 5.41 Å². The van der Waals surface area contributed by atoms with E-state index >= 15 is 0 Å². The summed E-state index contributed by atoms with van der Waals surface area (Å²) in [5.74, 6) is -0.983.